The van der Waals surface area contributed by atoms with Gasteiger partial charge in [0.1, 0.15) is 12.9 Å². The van der Waals surface area contributed by atoms with Gasteiger partial charge < -0.3 is 9.80 Å². The molecule has 8 nitrogen and oxygen atoms in total. The third-order valence-corrected chi connectivity index (χ3v) is 5.40. The lowest BCUT2D eigenvalue weighted by Gasteiger charge is -2.35. The zero-order valence-electron chi connectivity index (χ0n) is 14.8. The molecule has 0 N–H and O–H groups in total. The quantitative estimate of drug-likeness (QED) is 0.768. The third kappa shape index (κ3) is 5.24. The van der Waals surface area contributed by atoms with Gasteiger partial charge in [-0.15, -0.1) is 5.10 Å². The second-order valence-electron chi connectivity index (χ2n) is 7.17. The Bertz CT molecular complexity index is 547. The zero-order valence-corrected chi connectivity index (χ0v) is 14.8. The van der Waals surface area contributed by atoms with Crippen molar-refractivity contribution in [3.8, 4) is 0 Å². The number of tetrazole rings is 1. The summed E-state index contributed by atoms with van der Waals surface area (Å²) >= 11 is 0. The molecular weight excluding hydrogens is 320 g/mol. The highest BCUT2D eigenvalue weighted by Crippen LogP contribution is 2.27. The number of hydrogen-bond acceptors (Lipinski definition) is 5. The molecule has 8 heteroatoms. The van der Waals surface area contributed by atoms with Crippen molar-refractivity contribution in [2.24, 2.45) is 5.92 Å². The van der Waals surface area contributed by atoms with Crippen LogP contribution < -0.4 is 0 Å². The maximum Gasteiger partial charge on any atom is 0.244 e. The highest BCUT2D eigenvalue weighted by atomic mass is 16.2. The van der Waals surface area contributed by atoms with Crippen LogP contribution in [0.2, 0.25) is 0 Å². The van der Waals surface area contributed by atoms with Gasteiger partial charge >= 0.3 is 0 Å². The average Bonchev–Trinajstić information content (AvgIpc) is 3.15. The minimum absolute atomic E-state index is 0.00306. The van der Waals surface area contributed by atoms with Gasteiger partial charge in [-0.3, -0.25) is 9.59 Å². The number of aromatic nitrogens is 4. The Morgan fingerprint density at radius 1 is 0.960 bits per heavy atom. The molecule has 2 aliphatic rings. The van der Waals surface area contributed by atoms with Gasteiger partial charge in [0.05, 0.1) is 0 Å². The van der Waals surface area contributed by atoms with Crippen LogP contribution in [0.1, 0.15) is 51.4 Å². The summed E-state index contributed by atoms with van der Waals surface area (Å²) in [4.78, 5) is 28.2. The lowest BCUT2D eigenvalue weighted by Crippen LogP contribution is -2.51. The van der Waals surface area contributed by atoms with Crippen LogP contribution >= 0.6 is 0 Å². The summed E-state index contributed by atoms with van der Waals surface area (Å²) in [5.74, 6) is 1.07. The van der Waals surface area contributed by atoms with Crippen molar-refractivity contribution < 1.29 is 9.59 Å². The van der Waals surface area contributed by atoms with E-state index in [0.717, 1.165) is 12.3 Å². The number of rotatable bonds is 6. The largest absolute Gasteiger partial charge is 0.339 e. The molecule has 0 aromatic carbocycles. The predicted octanol–water partition coefficient (Wildman–Crippen LogP) is 1.09. The van der Waals surface area contributed by atoms with Crippen LogP contribution in [-0.2, 0) is 16.1 Å². The van der Waals surface area contributed by atoms with E-state index in [-0.39, 0.29) is 18.4 Å². The first-order valence-electron chi connectivity index (χ1n) is 9.48. The highest BCUT2D eigenvalue weighted by molar-refractivity contribution is 5.78. The van der Waals surface area contributed by atoms with Crippen molar-refractivity contribution in [3.05, 3.63) is 6.33 Å². The van der Waals surface area contributed by atoms with Gasteiger partial charge in [-0.1, -0.05) is 32.1 Å². The molecule has 1 aromatic heterocycles. The zero-order chi connectivity index (χ0) is 17.5. The Labute approximate surface area is 148 Å². The number of carbonyl (C=O) groups excluding carboxylic acids is 2. The molecule has 2 fully saturated rings. The van der Waals surface area contributed by atoms with Crippen molar-refractivity contribution in [1.29, 1.82) is 0 Å². The van der Waals surface area contributed by atoms with E-state index in [0.29, 0.717) is 32.6 Å². The molecule has 2 amide bonds. The van der Waals surface area contributed by atoms with E-state index < -0.39 is 0 Å². The first-order chi connectivity index (χ1) is 12.2. The summed E-state index contributed by atoms with van der Waals surface area (Å²) in [5.41, 5.74) is 0. The minimum atomic E-state index is -0.00306. The fourth-order valence-electron chi connectivity index (χ4n) is 3.87. The molecular formula is C17H28N6O2. The number of hydrogen-bond donors (Lipinski definition) is 0. The number of amides is 2. The van der Waals surface area contributed by atoms with E-state index in [1.807, 2.05) is 4.90 Å². The van der Waals surface area contributed by atoms with Crippen molar-refractivity contribution in [2.75, 3.05) is 26.2 Å². The van der Waals surface area contributed by atoms with Crippen LogP contribution in [0.15, 0.2) is 6.33 Å². The molecule has 0 atom stereocenters. The van der Waals surface area contributed by atoms with E-state index >= 15 is 0 Å². The standard InChI is InChI=1S/C17H28N6O2/c24-16(8-4-7-15-5-2-1-3-6-15)21-9-11-22(12-10-21)17(25)13-23-14-18-19-20-23/h14-15H,1-13H2. The molecule has 1 aliphatic heterocycles. The van der Waals surface area contributed by atoms with Gasteiger partial charge in [-0.05, 0) is 29.2 Å². The summed E-state index contributed by atoms with van der Waals surface area (Å²) in [6.07, 6.45) is 11.1. The van der Waals surface area contributed by atoms with E-state index in [1.165, 1.54) is 49.5 Å². The van der Waals surface area contributed by atoms with Crippen molar-refractivity contribution >= 4 is 11.8 Å². The van der Waals surface area contributed by atoms with E-state index in [4.69, 9.17) is 0 Å². The van der Waals surface area contributed by atoms with E-state index in [9.17, 15) is 9.59 Å². The summed E-state index contributed by atoms with van der Waals surface area (Å²) in [5, 5.41) is 10.8. The van der Waals surface area contributed by atoms with Crippen LogP contribution in [0, 0.1) is 5.92 Å². The van der Waals surface area contributed by atoms with Crippen LogP contribution in [0.4, 0.5) is 0 Å². The smallest absolute Gasteiger partial charge is 0.244 e. The summed E-state index contributed by atoms with van der Waals surface area (Å²) in [6.45, 7) is 2.60. The summed E-state index contributed by atoms with van der Waals surface area (Å²) < 4.78 is 1.42. The summed E-state index contributed by atoms with van der Waals surface area (Å²) in [6, 6.07) is 0. The Kier molecular flexibility index (Phi) is 6.36. The lowest BCUT2D eigenvalue weighted by molar-refractivity contribution is -0.140. The van der Waals surface area contributed by atoms with Gasteiger partial charge in [-0.25, -0.2) is 4.68 Å². The normalized spacial score (nSPS) is 19.2. The topological polar surface area (TPSA) is 84.2 Å². The molecule has 0 radical (unpaired) electrons. The SMILES string of the molecule is O=C(CCCC1CCCCC1)N1CCN(C(=O)Cn2cnnn2)CC1. The molecule has 0 bridgehead atoms. The van der Waals surface area contributed by atoms with E-state index in [2.05, 4.69) is 15.5 Å². The minimum Gasteiger partial charge on any atom is -0.339 e. The van der Waals surface area contributed by atoms with Gasteiger partial charge in [0.2, 0.25) is 11.8 Å². The molecule has 0 unspecified atom stereocenters. The van der Waals surface area contributed by atoms with Gasteiger partial charge in [0.15, 0.2) is 0 Å². The monoisotopic (exact) mass is 348 g/mol. The van der Waals surface area contributed by atoms with E-state index in [1.54, 1.807) is 4.90 Å². The molecule has 138 valence electrons. The Morgan fingerprint density at radius 3 is 2.28 bits per heavy atom. The fraction of sp³-hybridized carbons (Fsp3) is 0.824. The Balaban J connectivity index is 1.33. The van der Waals surface area contributed by atoms with Gasteiger partial charge in [0, 0.05) is 32.6 Å². The second-order valence-corrected chi connectivity index (χ2v) is 7.17. The molecule has 1 saturated carbocycles. The van der Waals surface area contributed by atoms with Gasteiger partial charge in [0.25, 0.3) is 0 Å². The van der Waals surface area contributed by atoms with Crippen molar-refractivity contribution in [3.63, 3.8) is 0 Å². The third-order valence-electron chi connectivity index (χ3n) is 5.40. The lowest BCUT2D eigenvalue weighted by atomic mass is 9.86. The Hall–Kier alpha value is -1.99. The second kappa shape index (κ2) is 8.92. The predicted molar refractivity (Wildman–Crippen MR) is 91.4 cm³/mol. The molecule has 0 spiro atoms. The summed E-state index contributed by atoms with van der Waals surface area (Å²) in [7, 11) is 0. The van der Waals surface area contributed by atoms with Gasteiger partial charge in [-0.2, -0.15) is 0 Å². The number of carbonyl (C=O) groups is 2. The number of piperazine rings is 1. The van der Waals surface area contributed by atoms with Crippen molar-refractivity contribution in [2.45, 2.75) is 57.9 Å². The first-order valence-corrected chi connectivity index (χ1v) is 9.48. The Morgan fingerprint density at radius 2 is 1.64 bits per heavy atom. The van der Waals surface area contributed by atoms with Crippen LogP contribution in [0.5, 0.6) is 0 Å². The molecule has 1 saturated heterocycles. The molecule has 1 aliphatic carbocycles. The molecule has 1 aromatic rings. The highest BCUT2D eigenvalue weighted by Gasteiger charge is 2.24. The maximum atomic E-state index is 12.4. The van der Waals surface area contributed by atoms with Crippen LogP contribution in [0.3, 0.4) is 0 Å². The molecule has 2 heterocycles. The van der Waals surface area contributed by atoms with Crippen LogP contribution in [-0.4, -0.2) is 68.0 Å². The van der Waals surface area contributed by atoms with Crippen molar-refractivity contribution in [1.82, 2.24) is 30.0 Å². The molecule has 3 rings (SSSR count). The number of nitrogens with zero attached hydrogens (tertiary/aromatic N) is 6. The average molecular weight is 348 g/mol. The molecule has 25 heavy (non-hydrogen) atoms. The fourth-order valence-corrected chi connectivity index (χ4v) is 3.87. The van der Waals surface area contributed by atoms with Crippen LogP contribution in [0.25, 0.3) is 0 Å². The first kappa shape index (κ1) is 17.8. The maximum absolute atomic E-state index is 12.4.